The molecule has 0 fully saturated rings. The lowest BCUT2D eigenvalue weighted by Gasteiger charge is -2.07. The molecule has 0 bridgehead atoms. The molecular formula is C12H20N4O3. The number of carboxylic acid groups (broad SMARTS) is 1. The van der Waals surface area contributed by atoms with Crippen molar-refractivity contribution in [3.8, 4) is 0 Å². The highest BCUT2D eigenvalue weighted by Gasteiger charge is 2.00. The number of aromatic nitrogens is 2. The topological polar surface area (TPSA) is 96.3 Å². The molecule has 0 saturated carbocycles. The Morgan fingerprint density at radius 1 is 1.16 bits per heavy atom. The molecule has 0 aliphatic carbocycles. The van der Waals surface area contributed by atoms with Crippen LogP contribution in [-0.2, 0) is 11.3 Å². The minimum Gasteiger partial charge on any atom is -0.481 e. The van der Waals surface area contributed by atoms with Gasteiger partial charge in [0.1, 0.15) is 0 Å². The number of nitrogens with zero attached hydrogens (tertiary/aromatic N) is 2. The van der Waals surface area contributed by atoms with E-state index in [4.69, 9.17) is 5.11 Å². The molecule has 7 heteroatoms. The summed E-state index contributed by atoms with van der Waals surface area (Å²) in [6, 6.07) is 1.65. The zero-order chi connectivity index (χ0) is 13.9. The lowest BCUT2D eigenvalue weighted by atomic mass is 10.2. The molecule has 3 N–H and O–H groups in total. The van der Waals surface area contributed by atoms with Crippen molar-refractivity contribution in [1.82, 2.24) is 20.4 Å². The quantitative estimate of drug-likeness (QED) is 0.578. The summed E-state index contributed by atoms with van der Waals surface area (Å²) in [6.07, 6.45) is 5.81. The minimum atomic E-state index is -0.803. The highest BCUT2D eigenvalue weighted by atomic mass is 16.4. The minimum absolute atomic E-state index is 0.146. The van der Waals surface area contributed by atoms with E-state index in [9.17, 15) is 9.59 Å². The van der Waals surface area contributed by atoms with E-state index in [1.54, 1.807) is 6.20 Å². The molecule has 1 heterocycles. The number of rotatable bonds is 9. The van der Waals surface area contributed by atoms with E-state index >= 15 is 0 Å². The third-order valence-electron chi connectivity index (χ3n) is 2.51. The van der Waals surface area contributed by atoms with Crippen molar-refractivity contribution in [3.63, 3.8) is 0 Å². The van der Waals surface area contributed by atoms with Gasteiger partial charge in [0.2, 0.25) is 0 Å². The molecule has 7 nitrogen and oxygen atoms in total. The lowest BCUT2D eigenvalue weighted by Crippen LogP contribution is -2.36. The molecule has 0 spiro atoms. The van der Waals surface area contributed by atoms with Gasteiger partial charge in [-0.1, -0.05) is 0 Å². The van der Waals surface area contributed by atoms with Crippen molar-refractivity contribution in [3.05, 3.63) is 18.5 Å². The van der Waals surface area contributed by atoms with Crippen LogP contribution in [0.3, 0.4) is 0 Å². The summed E-state index contributed by atoms with van der Waals surface area (Å²) in [5, 5.41) is 17.9. The molecule has 1 aromatic heterocycles. The van der Waals surface area contributed by atoms with Crippen molar-refractivity contribution in [2.24, 2.45) is 0 Å². The molecule has 0 aliphatic heterocycles. The average Bonchev–Trinajstić information content (AvgIpc) is 2.87. The predicted molar refractivity (Wildman–Crippen MR) is 69.7 cm³/mol. The second-order valence-electron chi connectivity index (χ2n) is 4.16. The van der Waals surface area contributed by atoms with Crippen molar-refractivity contribution >= 4 is 12.0 Å². The number of aryl methyl sites for hydroxylation is 1. The maximum Gasteiger partial charge on any atom is 0.314 e. The van der Waals surface area contributed by atoms with Crippen molar-refractivity contribution in [2.45, 2.75) is 32.2 Å². The first-order valence-corrected chi connectivity index (χ1v) is 6.39. The summed E-state index contributed by atoms with van der Waals surface area (Å²) in [7, 11) is 0. The highest BCUT2D eigenvalue weighted by molar-refractivity contribution is 5.73. The summed E-state index contributed by atoms with van der Waals surface area (Å²) in [4.78, 5) is 21.6. The molecular weight excluding hydrogens is 248 g/mol. The summed E-state index contributed by atoms with van der Waals surface area (Å²) in [5.74, 6) is -0.803. The van der Waals surface area contributed by atoms with E-state index < -0.39 is 5.97 Å². The van der Waals surface area contributed by atoms with Crippen LogP contribution in [0.4, 0.5) is 4.79 Å². The number of nitrogens with one attached hydrogen (secondary N) is 2. The lowest BCUT2D eigenvalue weighted by molar-refractivity contribution is -0.137. The summed E-state index contributed by atoms with van der Waals surface area (Å²) in [6.45, 7) is 1.85. The number of carbonyl (C=O) groups is 2. The molecule has 0 unspecified atom stereocenters. The summed E-state index contributed by atoms with van der Waals surface area (Å²) in [5.41, 5.74) is 0. The van der Waals surface area contributed by atoms with Crippen LogP contribution in [0.1, 0.15) is 25.7 Å². The third-order valence-corrected chi connectivity index (χ3v) is 2.51. The molecule has 1 rings (SSSR count). The van der Waals surface area contributed by atoms with Gasteiger partial charge in [-0.05, 0) is 25.3 Å². The summed E-state index contributed by atoms with van der Waals surface area (Å²) >= 11 is 0. The normalized spacial score (nSPS) is 10.1. The zero-order valence-corrected chi connectivity index (χ0v) is 10.8. The maximum absolute atomic E-state index is 11.3. The van der Waals surface area contributed by atoms with E-state index in [-0.39, 0.29) is 12.5 Å². The molecule has 0 aliphatic rings. The maximum atomic E-state index is 11.3. The van der Waals surface area contributed by atoms with Crippen molar-refractivity contribution in [2.75, 3.05) is 13.1 Å². The first-order valence-electron chi connectivity index (χ1n) is 6.39. The molecule has 0 aromatic carbocycles. The van der Waals surface area contributed by atoms with Crippen LogP contribution in [0.2, 0.25) is 0 Å². The Kier molecular flexibility index (Phi) is 7.08. The first kappa shape index (κ1) is 15.0. The fourth-order valence-corrected chi connectivity index (χ4v) is 1.54. The van der Waals surface area contributed by atoms with Crippen molar-refractivity contribution < 1.29 is 14.7 Å². The Balaban J connectivity index is 1.92. The van der Waals surface area contributed by atoms with Crippen LogP contribution in [0.25, 0.3) is 0 Å². The van der Waals surface area contributed by atoms with Crippen LogP contribution in [0.15, 0.2) is 18.5 Å². The molecule has 0 atom stereocenters. The van der Waals surface area contributed by atoms with Crippen LogP contribution < -0.4 is 10.6 Å². The monoisotopic (exact) mass is 268 g/mol. The zero-order valence-electron chi connectivity index (χ0n) is 10.8. The summed E-state index contributed by atoms with van der Waals surface area (Å²) < 4.78 is 1.81. The number of carboxylic acids is 1. The van der Waals surface area contributed by atoms with Crippen LogP contribution in [-0.4, -0.2) is 40.0 Å². The predicted octanol–water partition coefficient (Wildman–Crippen LogP) is 0.827. The number of amides is 2. The van der Waals surface area contributed by atoms with Gasteiger partial charge in [0.25, 0.3) is 0 Å². The Hall–Kier alpha value is -2.05. The van der Waals surface area contributed by atoms with Gasteiger partial charge in [-0.25, -0.2) is 4.79 Å². The third kappa shape index (κ3) is 7.80. The molecule has 0 radical (unpaired) electrons. The number of aliphatic carboxylic acids is 1. The van der Waals surface area contributed by atoms with Gasteiger partial charge in [-0.3, -0.25) is 9.48 Å². The van der Waals surface area contributed by atoms with Crippen LogP contribution in [0.5, 0.6) is 0 Å². The Morgan fingerprint density at radius 3 is 2.53 bits per heavy atom. The van der Waals surface area contributed by atoms with Gasteiger partial charge in [0, 0.05) is 38.4 Å². The number of urea groups is 1. The number of unbranched alkanes of at least 4 members (excludes halogenated alkanes) is 1. The molecule has 0 saturated heterocycles. The second kappa shape index (κ2) is 8.96. The SMILES string of the molecule is O=C(O)CCCCNC(=O)NCCCn1cccn1. The fourth-order valence-electron chi connectivity index (χ4n) is 1.54. The van der Waals surface area contributed by atoms with E-state index in [0.717, 1.165) is 13.0 Å². The van der Waals surface area contributed by atoms with E-state index in [2.05, 4.69) is 15.7 Å². The Bertz CT molecular complexity index is 378. The molecule has 19 heavy (non-hydrogen) atoms. The van der Waals surface area contributed by atoms with Crippen LogP contribution in [0, 0.1) is 0 Å². The van der Waals surface area contributed by atoms with E-state index in [1.165, 1.54) is 0 Å². The highest BCUT2D eigenvalue weighted by Crippen LogP contribution is 1.93. The Labute approximate surface area is 112 Å². The van der Waals surface area contributed by atoms with E-state index in [1.807, 2.05) is 16.9 Å². The first-order chi connectivity index (χ1) is 9.18. The van der Waals surface area contributed by atoms with E-state index in [0.29, 0.717) is 25.9 Å². The van der Waals surface area contributed by atoms with Gasteiger partial charge in [0.05, 0.1) is 0 Å². The number of carbonyl (C=O) groups excluding carboxylic acids is 1. The molecule has 2 amide bonds. The van der Waals surface area contributed by atoms with Gasteiger partial charge in [0.15, 0.2) is 0 Å². The smallest absolute Gasteiger partial charge is 0.314 e. The van der Waals surface area contributed by atoms with Gasteiger partial charge in [-0.15, -0.1) is 0 Å². The molecule has 106 valence electrons. The van der Waals surface area contributed by atoms with Gasteiger partial charge >= 0.3 is 12.0 Å². The molecule has 1 aromatic rings. The Morgan fingerprint density at radius 2 is 1.89 bits per heavy atom. The van der Waals surface area contributed by atoms with Crippen LogP contribution >= 0.6 is 0 Å². The average molecular weight is 268 g/mol. The van der Waals surface area contributed by atoms with Gasteiger partial charge < -0.3 is 15.7 Å². The number of hydrogen-bond acceptors (Lipinski definition) is 3. The van der Waals surface area contributed by atoms with Gasteiger partial charge in [-0.2, -0.15) is 5.10 Å². The standard InChI is InChI=1S/C12H20N4O3/c17-11(18)5-1-2-6-13-12(19)14-7-3-9-16-10-4-8-15-16/h4,8,10H,1-3,5-7,9H2,(H,17,18)(H2,13,14,19). The number of hydrogen-bond donors (Lipinski definition) is 3. The second-order valence-corrected chi connectivity index (χ2v) is 4.16. The fraction of sp³-hybridized carbons (Fsp3) is 0.583. The van der Waals surface area contributed by atoms with Crippen molar-refractivity contribution in [1.29, 1.82) is 0 Å². The largest absolute Gasteiger partial charge is 0.481 e.